The predicted octanol–water partition coefficient (Wildman–Crippen LogP) is 5.30. The van der Waals surface area contributed by atoms with Crippen LogP contribution in [0.1, 0.15) is 44.1 Å². The maximum Gasteiger partial charge on any atom is 0.132 e. The first-order valence-electron chi connectivity index (χ1n) is 10.5. The van der Waals surface area contributed by atoms with Crippen molar-refractivity contribution in [3.8, 4) is 12.1 Å². The van der Waals surface area contributed by atoms with E-state index in [1.54, 1.807) is 0 Å². The minimum absolute atomic E-state index is 0.285. The summed E-state index contributed by atoms with van der Waals surface area (Å²) in [7, 11) is 0. The van der Waals surface area contributed by atoms with Gasteiger partial charge in [-0.05, 0) is 79.6 Å². The van der Waals surface area contributed by atoms with Gasteiger partial charge in [-0.3, -0.25) is 0 Å². The molecule has 0 aromatic heterocycles. The van der Waals surface area contributed by atoms with Gasteiger partial charge in [0.2, 0.25) is 0 Å². The molecule has 1 saturated heterocycles. The molecule has 142 valence electrons. The van der Waals surface area contributed by atoms with Crippen molar-refractivity contribution in [2.75, 3.05) is 13.1 Å². The summed E-state index contributed by atoms with van der Waals surface area (Å²) in [5.41, 5.74) is 5.45. The Balaban J connectivity index is 1.43. The molecule has 1 atom stereocenters. The minimum Gasteiger partial charge on any atom is -0.375 e. The summed E-state index contributed by atoms with van der Waals surface area (Å²) in [6.45, 7) is 2.29. The summed E-state index contributed by atoms with van der Waals surface area (Å²) in [5, 5.41) is 18.4. The zero-order valence-electron chi connectivity index (χ0n) is 16.4. The molecule has 4 rings (SSSR count). The number of fused-ring (bicyclic) bond motifs is 1. The SMILES string of the molecule is N#CC(C#N)=C1C=C2C=C(N3CCC(Cc4ccccc4)CC3)CC[C@@H]2CC1. The maximum atomic E-state index is 9.18. The molecule has 1 aliphatic heterocycles. The minimum atomic E-state index is 0.285. The van der Waals surface area contributed by atoms with Crippen molar-refractivity contribution in [2.24, 2.45) is 11.8 Å². The van der Waals surface area contributed by atoms with E-state index in [2.05, 4.69) is 59.5 Å². The lowest BCUT2D eigenvalue weighted by Gasteiger charge is -2.38. The monoisotopic (exact) mass is 369 g/mol. The van der Waals surface area contributed by atoms with Crippen LogP contribution in [0, 0.1) is 34.5 Å². The van der Waals surface area contributed by atoms with Crippen LogP contribution < -0.4 is 0 Å². The van der Waals surface area contributed by atoms with Gasteiger partial charge in [-0.15, -0.1) is 0 Å². The van der Waals surface area contributed by atoms with Crippen LogP contribution in [0.4, 0.5) is 0 Å². The summed E-state index contributed by atoms with van der Waals surface area (Å²) in [4.78, 5) is 2.58. The van der Waals surface area contributed by atoms with Crippen molar-refractivity contribution in [3.63, 3.8) is 0 Å². The molecule has 0 spiro atoms. The van der Waals surface area contributed by atoms with Gasteiger partial charge in [0.05, 0.1) is 0 Å². The number of allylic oxidation sites excluding steroid dienone is 6. The van der Waals surface area contributed by atoms with Crippen molar-refractivity contribution < 1.29 is 0 Å². The van der Waals surface area contributed by atoms with Crippen molar-refractivity contribution in [1.82, 2.24) is 4.90 Å². The van der Waals surface area contributed by atoms with Crippen LogP contribution in [-0.4, -0.2) is 18.0 Å². The number of hydrogen-bond donors (Lipinski definition) is 0. The lowest BCUT2D eigenvalue weighted by Crippen LogP contribution is -2.35. The molecule has 0 N–H and O–H groups in total. The van der Waals surface area contributed by atoms with E-state index in [-0.39, 0.29) is 5.57 Å². The topological polar surface area (TPSA) is 50.8 Å². The second-order valence-corrected chi connectivity index (χ2v) is 8.30. The summed E-state index contributed by atoms with van der Waals surface area (Å²) >= 11 is 0. The van der Waals surface area contributed by atoms with Crippen molar-refractivity contribution in [2.45, 2.75) is 44.9 Å². The van der Waals surface area contributed by atoms with E-state index in [9.17, 15) is 10.5 Å². The second kappa shape index (κ2) is 8.49. The maximum absolute atomic E-state index is 9.18. The Labute approximate surface area is 168 Å². The zero-order chi connectivity index (χ0) is 19.3. The van der Waals surface area contributed by atoms with Gasteiger partial charge in [-0.1, -0.05) is 36.4 Å². The van der Waals surface area contributed by atoms with E-state index < -0.39 is 0 Å². The van der Waals surface area contributed by atoms with Gasteiger partial charge in [0.1, 0.15) is 17.7 Å². The largest absolute Gasteiger partial charge is 0.375 e. The average molecular weight is 370 g/mol. The molecule has 1 fully saturated rings. The summed E-state index contributed by atoms with van der Waals surface area (Å²) in [5.74, 6) is 1.38. The van der Waals surface area contributed by atoms with Crippen LogP contribution >= 0.6 is 0 Å². The quantitative estimate of drug-likeness (QED) is 0.679. The number of hydrogen-bond acceptors (Lipinski definition) is 3. The normalized spacial score (nSPS) is 22.4. The molecule has 3 nitrogen and oxygen atoms in total. The molecule has 0 radical (unpaired) electrons. The first-order valence-corrected chi connectivity index (χ1v) is 10.5. The number of nitrogens with zero attached hydrogens (tertiary/aromatic N) is 3. The number of rotatable bonds is 3. The molecule has 1 aromatic rings. The third kappa shape index (κ3) is 4.05. The lowest BCUT2D eigenvalue weighted by molar-refractivity contribution is 0.215. The van der Waals surface area contributed by atoms with Gasteiger partial charge >= 0.3 is 0 Å². The standard InChI is InChI=1S/C25H27N3/c26-17-24(18-27)22-7-6-21-8-9-25(16-23(21)15-22)28-12-10-20(11-13-28)14-19-4-2-1-3-5-19/h1-5,15-16,20-21H,6-14H2/t21-/m0/s1. The van der Waals surface area contributed by atoms with E-state index in [4.69, 9.17) is 0 Å². The average Bonchev–Trinajstić information content (AvgIpc) is 2.75. The molecule has 1 aromatic carbocycles. The van der Waals surface area contributed by atoms with Crippen LogP contribution in [-0.2, 0) is 6.42 Å². The fourth-order valence-corrected chi connectivity index (χ4v) is 4.93. The lowest BCUT2D eigenvalue weighted by atomic mass is 9.77. The molecule has 0 bridgehead atoms. The number of benzene rings is 1. The Bertz CT molecular complexity index is 868. The molecule has 3 heteroatoms. The van der Waals surface area contributed by atoms with Crippen LogP contribution in [0.2, 0.25) is 0 Å². The third-order valence-corrected chi connectivity index (χ3v) is 6.59. The third-order valence-electron chi connectivity index (χ3n) is 6.59. The molecular weight excluding hydrogens is 342 g/mol. The highest BCUT2D eigenvalue weighted by Crippen LogP contribution is 2.39. The summed E-state index contributed by atoms with van der Waals surface area (Å²) in [6.07, 6.45) is 12.5. The fourth-order valence-electron chi connectivity index (χ4n) is 4.93. The van der Waals surface area contributed by atoms with Gasteiger partial charge in [0.25, 0.3) is 0 Å². The zero-order valence-corrected chi connectivity index (χ0v) is 16.4. The smallest absolute Gasteiger partial charge is 0.132 e. The van der Waals surface area contributed by atoms with E-state index in [1.807, 2.05) is 0 Å². The van der Waals surface area contributed by atoms with Crippen molar-refractivity contribution in [3.05, 3.63) is 70.5 Å². The number of nitriles is 2. The van der Waals surface area contributed by atoms with E-state index in [0.29, 0.717) is 5.92 Å². The Morgan fingerprint density at radius 1 is 0.929 bits per heavy atom. The molecule has 2 aliphatic carbocycles. The highest BCUT2D eigenvalue weighted by atomic mass is 15.1. The van der Waals surface area contributed by atoms with E-state index >= 15 is 0 Å². The van der Waals surface area contributed by atoms with Gasteiger partial charge < -0.3 is 4.90 Å². The van der Waals surface area contributed by atoms with E-state index in [0.717, 1.165) is 43.8 Å². The van der Waals surface area contributed by atoms with Crippen molar-refractivity contribution in [1.29, 1.82) is 10.5 Å². The molecule has 1 heterocycles. The van der Waals surface area contributed by atoms with Gasteiger partial charge in [-0.25, -0.2) is 0 Å². The first-order chi connectivity index (χ1) is 13.8. The molecule has 28 heavy (non-hydrogen) atoms. The Hall–Kier alpha value is -2.78. The molecular formula is C25H27N3. The highest BCUT2D eigenvalue weighted by Gasteiger charge is 2.28. The van der Waals surface area contributed by atoms with Crippen molar-refractivity contribution >= 4 is 0 Å². The Morgan fingerprint density at radius 3 is 2.36 bits per heavy atom. The Kier molecular flexibility index (Phi) is 5.63. The Morgan fingerprint density at radius 2 is 1.64 bits per heavy atom. The molecule has 3 aliphatic rings. The van der Waals surface area contributed by atoms with Crippen LogP contribution in [0.5, 0.6) is 0 Å². The first kappa shape index (κ1) is 18.6. The highest BCUT2D eigenvalue weighted by molar-refractivity contribution is 5.49. The second-order valence-electron chi connectivity index (χ2n) is 8.30. The van der Waals surface area contributed by atoms with Gasteiger partial charge in [-0.2, -0.15) is 10.5 Å². The van der Waals surface area contributed by atoms with Gasteiger partial charge in [0, 0.05) is 18.8 Å². The molecule has 0 unspecified atom stereocenters. The summed E-state index contributed by atoms with van der Waals surface area (Å²) < 4.78 is 0. The van der Waals surface area contributed by atoms with Crippen LogP contribution in [0.25, 0.3) is 0 Å². The number of likely N-dealkylation sites (tertiary alicyclic amines) is 1. The van der Waals surface area contributed by atoms with E-state index in [1.165, 1.54) is 42.5 Å². The molecule has 0 amide bonds. The number of piperidine rings is 1. The fraction of sp³-hybridized carbons (Fsp3) is 0.440. The van der Waals surface area contributed by atoms with Gasteiger partial charge in [0.15, 0.2) is 0 Å². The van der Waals surface area contributed by atoms with Crippen LogP contribution in [0.15, 0.2) is 64.9 Å². The summed E-state index contributed by atoms with van der Waals surface area (Å²) in [6, 6.07) is 15.0. The molecule has 0 saturated carbocycles. The predicted molar refractivity (Wildman–Crippen MR) is 111 cm³/mol. The van der Waals surface area contributed by atoms with Crippen LogP contribution in [0.3, 0.4) is 0 Å².